The molecule has 0 aliphatic rings. The Labute approximate surface area is 117 Å². The highest BCUT2D eigenvalue weighted by molar-refractivity contribution is 9.10. The van der Waals surface area contributed by atoms with Crippen molar-refractivity contribution in [2.24, 2.45) is 11.7 Å². The second-order valence-electron chi connectivity index (χ2n) is 4.73. The van der Waals surface area contributed by atoms with Crippen molar-refractivity contribution in [1.29, 1.82) is 0 Å². The van der Waals surface area contributed by atoms with E-state index in [1.54, 1.807) is 0 Å². The second kappa shape index (κ2) is 6.36. The van der Waals surface area contributed by atoms with E-state index in [0.29, 0.717) is 16.9 Å². The number of nitrogens with one attached hydrogen (secondary N) is 1. The fourth-order valence-corrected chi connectivity index (χ4v) is 2.76. The molecule has 0 saturated carbocycles. The van der Waals surface area contributed by atoms with Crippen LogP contribution in [0.4, 0.5) is 5.69 Å². The molecule has 1 rings (SSSR count). The summed E-state index contributed by atoms with van der Waals surface area (Å²) in [6, 6.07) is 6.43. The summed E-state index contributed by atoms with van der Waals surface area (Å²) in [7, 11) is 0. The lowest BCUT2D eigenvalue weighted by Crippen LogP contribution is -2.17. The van der Waals surface area contributed by atoms with Crippen LogP contribution in [0.1, 0.15) is 32.8 Å². The van der Waals surface area contributed by atoms with Crippen molar-refractivity contribution in [2.45, 2.75) is 33.2 Å². The van der Waals surface area contributed by atoms with Gasteiger partial charge in [0.15, 0.2) is 0 Å². The number of rotatable bonds is 5. The zero-order valence-corrected chi connectivity index (χ0v) is 12.9. The van der Waals surface area contributed by atoms with Crippen LogP contribution in [0.25, 0.3) is 0 Å². The molecule has 1 aromatic rings. The molecule has 0 amide bonds. The van der Waals surface area contributed by atoms with E-state index in [9.17, 15) is 0 Å². The molecule has 17 heavy (non-hydrogen) atoms. The van der Waals surface area contributed by atoms with Crippen LogP contribution in [0, 0.1) is 5.92 Å². The first-order chi connectivity index (χ1) is 7.90. The van der Waals surface area contributed by atoms with Gasteiger partial charge >= 0.3 is 0 Å². The maximum atomic E-state index is 5.61. The first-order valence-electron chi connectivity index (χ1n) is 5.76. The zero-order chi connectivity index (χ0) is 13.0. The van der Waals surface area contributed by atoms with Gasteiger partial charge in [0.25, 0.3) is 0 Å². The predicted octanol–water partition coefficient (Wildman–Crippen LogP) is 3.93. The minimum atomic E-state index is 0.415. The highest BCUT2D eigenvalue weighted by atomic mass is 79.9. The molecule has 1 unspecified atom stereocenters. The molecule has 0 fully saturated rings. The minimum Gasteiger partial charge on any atom is -0.389 e. The summed E-state index contributed by atoms with van der Waals surface area (Å²) in [4.78, 5) is 0.415. The summed E-state index contributed by atoms with van der Waals surface area (Å²) >= 11 is 8.45. The summed E-state index contributed by atoms with van der Waals surface area (Å²) in [5, 5.41) is 3.47. The van der Waals surface area contributed by atoms with Crippen molar-refractivity contribution in [1.82, 2.24) is 0 Å². The zero-order valence-electron chi connectivity index (χ0n) is 10.5. The van der Waals surface area contributed by atoms with Crippen LogP contribution in [0.2, 0.25) is 0 Å². The van der Waals surface area contributed by atoms with Gasteiger partial charge in [0.2, 0.25) is 0 Å². The number of anilines is 1. The Morgan fingerprint density at radius 2 is 2.06 bits per heavy atom. The summed E-state index contributed by atoms with van der Waals surface area (Å²) < 4.78 is 0.937. The van der Waals surface area contributed by atoms with Gasteiger partial charge in [-0.3, -0.25) is 0 Å². The van der Waals surface area contributed by atoms with Gasteiger partial charge in [-0.1, -0.05) is 26.1 Å². The van der Waals surface area contributed by atoms with E-state index in [1.165, 1.54) is 0 Å². The first-order valence-corrected chi connectivity index (χ1v) is 6.96. The van der Waals surface area contributed by atoms with Crippen molar-refractivity contribution in [2.75, 3.05) is 5.32 Å². The molecule has 0 spiro atoms. The largest absolute Gasteiger partial charge is 0.389 e. The first kappa shape index (κ1) is 14.5. The highest BCUT2D eigenvalue weighted by Gasteiger charge is 2.07. The van der Waals surface area contributed by atoms with E-state index in [2.05, 4.69) is 42.0 Å². The molecule has 0 aliphatic carbocycles. The van der Waals surface area contributed by atoms with Crippen LogP contribution >= 0.6 is 28.1 Å². The second-order valence-corrected chi connectivity index (χ2v) is 6.03. The number of hydrogen-bond acceptors (Lipinski definition) is 2. The molecule has 3 N–H and O–H groups in total. The van der Waals surface area contributed by atoms with Crippen LogP contribution in [0.5, 0.6) is 0 Å². The lowest BCUT2D eigenvalue weighted by Gasteiger charge is -2.18. The molecule has 0 aliphatic heterocycles. The van der Waals surface area contributed by atoms with Gasteiger partial charge < -0.3 is 11.1 Å². The van der Waals surface area contributed by atoms with Gasteiger partial charge in [0.1, 0.15) is 4.99 Å². The summed E-state index contributed by atoms with van der Waals surface area (Å²) in [6.45, 7) is 6.64. The Balaban J connectivity index is 2.74. The Hall–Kier alpha value is -0.610. The van der Waals surface area contributed by atoms with E-state index in [0.717, 1.165) is 22.1 Å². The van der Waals surface area contributed by atoms with Crippen molar-refractivity contribution in [3.05, 3.63) is 28.2 Å². The molecule has 1 atom stereocenters. The predicted molar refractivity (Wildman–Crippen MR) is 82.6 cm³/mol. The highest BCUT2D eigenvalue weighted by Crippen LogP contribution is 2.22. The van der Waals surface area contributed by atoms with Gasteiger partial charge in [-0.2, -0.15) is 0 Å². The van der Waals surface area contributed by atoms with Crippen molar-refractivity contribution >= 4 is 38.8 Å². The van der Waals surface area contributed by atoms with Gasteiger partial charge in [0.05, 0.1) is 0 Å². The number of benzene rings is 1. The number of thiocarbonyl (C=S) groups is 1. The maximum absolute atomic E-state index is 5.61. The molecule has 0 aromatic heterocycles. The smallest absolute Gasteiger partial charge is 0.105 e. The number of halogens is 1. The van der Waals surface area contributed by atoms with Gasteiger partial charge in [-0.15, -0.1) is 0 Å². The average Bonchev–Trinajstić information content (AvgIpc) is 2.15. The van der Waals surface area contributed by atoms with Crippen molar-refractivity contribution in [3.63, 3.8) is 0 Å². The molecule has 4 heteroatoms. The topological polar surface area (TPSA) is 38.0 Å². The fourth-order valence-electron chi connectivity index (χ4n) is 1.86. The molecular weight excluding hydrogens is 296 g/mol. The Morgan fingerprint density at radius 1 is 1.41 bits per heavy atom. The van der Waals surface area contributed by atoms with Gasteiger partial charge in [-0.25, -0.2) is 0 Å². The van der Waals surface area contributed by atoms with Crippen LogP contribution in [-0.4, -0.2) is 11.0 Å². The third-order valence-electron chi connectivity index (χ3n) is 2.47. The van der Waals surface area contributed by atoms with Gasteiger partial charge in [-0.05, 0) is 53.4 Å². The fraction of sp³-hybridized carbons (Fsp3) is 0.462. The SMILES string of the molecule is CC(C)CC(C)Nc1ccc(C(N)=S)c(Br)c1. The monoisotopic (exact) mass is 314 g/mol. The van der Waals surface area contributed by atoms with E-state index < -0.39 is 0 Å². The van der Waals surface area contributed by atoms with Crippen molar-refractivity contribution < 1.29 is 0 Å². The quantitative estimate of drug-likeness (QED) is 0.809. The van der Waals surface area contributed by atoms with Crippen molar-refractivity contribution in [3.8, 4) is 0 Å². The lowest BCUT2D eigenvalue weighted by atomic mass is 10.0. The summed E-state index contributed by atoms with van der Waals surface area (Å²) in [5.41, 5.74) is 7.58. The van der Waals surface area contributed by atoms with Crippen LogP contribution < -0.4 is 11.1 Å². The van der Waals surface area contributed by atoms with Crippen LogP contribution in [0.3, 0.4) is 0 Å². The average molecular weight is 315 g/mol. The van der Waals surface area contributed by atoms with Crippen LogP contribution in [-0.2, 0) is 0 Å². The Bertz CT molecular complexity index is 404. The Morgan fingerprint density at radius 3 is 2.53 bits per heavy atom. The molecule has 0 bridgehead atoms. The molecule has 0 saturated heterocycles. The standard InChI is InChI=1S/C13H19BrN2S/c1-8(2)6-9(3)16-10-4-5-11(13(15)17)12(14)7-10/h4-5,7-9,16H,6H2,1-3H3,(H2,15,17). The third-order valence-corrected chi connectivity index (χ3v) is 3.35. The third kappa shape index (κ3) is 4.64. The summed E-state index contributed by atoms with van der Waals surface area (Å²) in [6.07, 6.45) is 1.15. The molecule has 94 valence electrons. The van der Waals surface area contributed by atoms with Gasteiger partial charge in [0, 0.05) is 21.8 Å². The van der Waals surface area contributed by atoms with Crippen LogP contribution in [0.15, 0.2) is 22.7 Å². The normalized spacial score (nSPS) is 12.5. The Kier molecular flexibility index (Phi) is 5.40. The molecule has 0 radical (unpaired) electrons. The van der Waals surface area contributed by atoms with E-state index >= 15 is 0 Å². The molecule has 1 aromatic carbocycles. The van der Waals surface area contributed by atoms with E-state index in [1.807, 2.05) is 18.2 Å². The lowest BCUT2D eigenvalue weighted by molar-refractivity contribution is 0.540. The summed E-state index contributed by atoms with van der Waals surface area (Å²) in [5.74, 6) is 0.692. The number of nitrogens with two attached hydrogens (primary N) is 1. The molecule has 2 nitrogen and oxygen atoms in total. The maximum Gasteiger partial charge on any atom is 0.105 e. The van der Waals surface area contributed by atoms with E-state index in [-0.39, 0.29) is 0 Å². The van der Waals surface area contributed by atoms with E-state index in [4.69, 9.17) is 18.0 Å². The number of hydrogen-bond donors (Lipinski definition) is 2. The molecular formula is C13H19BrN2S. The minimum absolute atomic E-state index is 0.415. The molecule has 0 heterocycles.